The van der Waals surface area contributed by atoms with E-state index in [2.05, 4.69) is 31.4 Å². The highest BCUT2D eigenvalue weighted by Gasteiger charge is 2.22. The third kappa shape index (κ3) is 5.82. The quantitative estimate of drug-likeness (QED) is 0.596. The normalized spacial score (nSPS) is 14.0. The molecule has 2 N–H and O–H groups in total. The van der Waals surface area contributed by atoms with E-state index in [-0.39, 0.29) is 17.4 Å². The smallest absolute Gasteiger partial charge is 0.324 e. The molecule has 0 spiro atoms. The zero-order valence-electron chi connectivity index (χ0n) is 19.9. The van der Waals surface area contributed by atoms with E-state index in [0.717, 1.165) is 16.9 Å². The largest absolute Gasteiger partial charge is 0.378 e. The molecule has 0 saturated carbocycles. The Morgan fingerprint density at radius 1 is 0.971 bits per heavy atom. The Balaban J connectivity index is 1.57. The summed E-state index contributed by atoms with van der Waals surface area (Å²) in [5, 5.41) is 10.5. The van der Waals surface area contributed by atoms with E-state index in [1.807, 2.05) is 65.6 Å². The lowest BCUT2D eigenvalue weighted by Crippen LogP contribution is -2.41. The molecule has 1 aromatic heterocycles. The van der Waals surface area contributed by atoms with E-state index in [1.165, 1.54) is 0 Å². The molecule has 2 heterocycles. The molecular weight excluding hydrogens is 430 g/mol. The number of ether oxygens (including phenoxy) is 1. The number of nitrogens with one attached hydrogen (secondary N) is 2. The van der Waals surface area contributed by atoms with Gasteiger partial charge in [0.2, 0.25) is 5.91 Å². The van der Waals surface area contributed by atoms with Gasteiger partial charge in [0.15, 0.2) is 0 Å². The van der Waals surface area contributed by atoms with Crippen molar-refractivity contribution < 1.29 is 14.3 Å². The molecule has 0 atom stereocenters. The van der Waals surface area contributed by atoms with Gasteiger partial charge in [-0.15, -0.1) is 0 Å². The number of morpholine rings is 1. The highest BCUT2D eigenvalue weighted by atomic mass is 16.5. The van der Waals surface area contributed by atoms with Crippen LogP contribution in [0.4, 0.5) is 16.3 Å². The first kappa shape index (κ1) is 23.5. The summed E-state index contributed by atoms with van der Waals surface area (Å²) in [5.41, 5.74) is 3.00. The van der Waals surface area contributed by atoms with E-state index < -0.39 is 0 Å². The maximum absolute atomic E-state index is 12.7. The molecule has 1 saturated heterocycles. The molecule has 8 nitrogen and oxygen atoms in total. The summed E-state index contributed by atoms with van der Waals surface area (Å²) >= 11 is 0. The predicted octanol–water partition coefficient (Wildman–Crippen LogP) is 4.22. The third-order valence-corrected chi connectivity index (χ3v) is 5.63. The van der Waals surface area contributed by atoms with Crippen LogP contribution < -0.4 is 10.6 Å². The maximum atomic E-state index is 12.7. The number of para-hydroxylation sites is 1. The van der Waals surface area contributed by atoms with Gasteiger partial charge in [-0.1, -0.05) is 51.1 Å². The van der Waals surface area contributed by atoms with Gasteiger partial charge in [0.25, 0.3) is 0 Å². The summed E-state index contributed by atoms with van der Waals surface area (Å²) in [5.74, 6) is 0.631. The Labute approximate surface area is 199 Å². The van der Waals surface area contributed by atoms with Crippen LogP contribution in [0.25, 0.3) is 5.69 Å². The lowest BCUT2D eigenvalue weighted by atomic mass is 9.92. The first-order chi connectivity index (χ1) is 16.3. The molecule has 1 aliphatic heterocycles. The molecule has 1 aliphatic rings. The summed E-state index contributed by atoms with van der Waals surface area (Å²) in [7, 11) is 0. The summed E-state index contributed by atoms with van der Waals surface area (Å²) in [4.78, 5) is 27.2. The predicted molar refractivity (Wildman–Crippen MR) is 132 cm³/mol. The molecule has 3 amide bonds. The third-order valence-electron chi connectivity index (χ3n) is 5.63. The van der Waals surface area contributed by atoms with Crippen LogP contribution in [0, 0.1) is 0 Å². The molecule has 0 radical (unpaired) electrons. The SMILES string of the molecule is CC(C)(C)c1cc(NC(=O)Nc2ccccc2)n(-c2cccc(CC(=O)N3CCOCC3)c2)n1. The summed E-state index contributed by atoms with van der Waals surface area (Å²) < 4.78 is 7.06. The van der Waals surface area contributed by atoms with Gasteiger partial charge in [0.1, 0.15) is 5.82 Å². The van der Waals surface area contributed by atoms with Crippen molar-refractivity contribution in [2.45, 2.75) is 32.6 Å². The number of carbonyl (C=O) groups excluding carboxylic acids is 2. The molecule has 2 aromatic carbocycles. The minimum atomic E-state index is -0.355. The van der Waals surface area contributed by atoms with Crippen molar-refractivity contribution in [3.63, 3.8) is 0 Å². The fraction of sp³-hybridized carbons (Fsp3) is 0.346. The van der Waals surface area contributed by atoms with Gasteiger partial charge in [0.05, 0.1) is 31.0 Å². The molecule has 0 unspecified atom stereocenters. The molecule has 1 fully saturated rings. The summed E-state index contributed by atoms with van der Waals surface area (Å²) in [6, 6.07) is 18.5. The number of aromatic nitrogens is 2. The average molecular weight is 462 g/mol. The monoisotopic (exact) mass is 461 g/mol. The minimum absolute atomic E-state index is 0.0804. The van der Waals surface area contributed by atoms with Gasteiger partial charge in [-0.05, 0) is 29.8 Å². The number of urea groups is 1. The van der Waals surface area contributed by atoms with Crippen LogP contribution in [0.2, 0.25) is 0 Å². The maximum Gasteiger partial charge on any atom is 0.324 e. The minimum Gasteiger partial charge on any atom is -0.378 e. The highest BCUT2D eigenvalue weighted by molar-refractivity contribution is 5.99. The first-order valence-electron chi connectivity index (χ1n) is 11.5. The fourth-order valence-corrected chi connectivity index (χ4v) is 3.73. The highest BCUT2D eigenvalue weighted by Crippen LogP contribution is 2.27. The van der Waals surface area contributed by atoms with Crippen LogP contribution in [-0.4, -0.2) is 52.9 Å². The van der Waals surface area contributed by atoms with Crippen molar-refractivity contribution in [3.8, 4) is 5.69 Å². The Morgan fingerprint density at radius 2 is 1.71 bits per heavy atom. The number of anilines is 2. The van der Waals surface area contributed by atoms with Crippen molar-refractivity contribution in [1.82, 2.24) is 14.7 Å². The number of hydrogen-bond acceptors (Lipinski definition) is 4. The number of amides is 3. The number of benzene rings is 2. The molecule has 0 bridgehead atoms. The van der Waals surface area contributed by atoms with Crippen molar-refractivity contribution in [3.05, 3.63) is 71.9 Å². The van der Waals surface area contributed by atoms with Gasteiger partial charge >= 0.3 is 6.03 Å². The van der Waals surface area contributed by atoms with Gasteiger partial charge in [-0.3, -0.25) is 10.1 Å². The summed E-state index contributed by atoms with van der Waals surface area (Å²) in [6.07, 6.45) is 0.304. The van der Waals surface area contributed by atoms with Crippen LogP contribution in [0.5, 0.6) is 0 Å². The average Bonchev–Trinajstić information content (AvgIpc) is 3.25. The lowest BCUT2D eigenvalue weighted by Gasteiger charge is -2.27. The van der Waals surface area contributed by atoms with Gasteiger partial charge < -0.3 is 15.0 Å². The van der Waals surface area contributed by atoms with E-state index in [0.29, 0.717) is 44.2 Å². The molecule has 178 valence electrons. The van der Waals surface area contributed by atoms with E-state index in [4.69, 9.17) is 9.84 Å². The molecular formula is C26H31N5O3. The number of hydrogen-bond donors (Lipinski definition) is 2. The van der Waals surface area contributed by atoms with Crippen LogP contribution >= 0.6 is 0 Å². The zero-order valence-corrected chi connectivity index (χ0v) is 19.9. The second kappa shape index (κ2) is 10.1. The fourth-order valence-electron chi connectivity index (χ4n) is 3.73. The van der Waals surface area contributed by atoms with Crippen molar-refractivity contribution >= 4 is 23.4 Å². The molecule has 34 heavy (non-hydrogen) atoms. The Kier molecular flexibility index (Phi) is 6.98. The van der Waals surface area contributed by atoms with E-state index in [9.17, 15) is 9.59 Å². The Morgan fingerprint density at radius 3 is 2.41 bits per heavy atom. The topological polar surface area (TPSA) is 88.5 Å². The van der Waals surface area contributed by atoms with E-state index in [1.54, 1.807) is 4.68 Å². The number of carbonyl (C=O) groups is 2. The summed E-state index contributed by atoms with van der Waals surface area (Å²) in [6.45, 7) is 8.62. The first-order valence-corrected chi connectivity index (χ1v) is 11.5. The standard InChI is InChI=1S/C26H31N5O3/c1-26(2,3)22-18-23(28-25(33)27-20-9-5-4-6-10-20)31(29-22)21-11-7-8-19(16-21)17-24(32)30-12-14-34-15-13-30/h4-11,16,18H,12-15,17H2,1-3H3,(H2,27,28,33). The van der Waals surface area contributed by atoms with Gasteiger partial charge in [-0.2, -0.15) is 5.10 Å². The Bertz CT molecular complexity index is 1140. The number of nitrogens with zero attached hydrogens (tertiary/aromatic N) is 3. The van der Waals surface area contributed by atoms with Crippen LogP contribution in [-0.2, 0) is 21.4 Å². The van der Waals surface area contributed by atoms with Crippen molar-refractivity contribution in [2.75, 3.05) is 36.9 Å². The van der Waals surface area contributed by atoms with E-state index >= 15 is 0 Å². The van der Waals surface area contributed by atoms with Gasteiger partial charge in [0, 0.05) is 30.3 Å². The molecule has 3 aromatic rings. The molecule has 0 aliphatic carbocycles. The van der Waals surface area contributed by atoms with Crippen LogP contribution in [0.1, 0.15) is 32.0 Å². The molecule has 8 heteroatoms. The van der Waals surface area contributed by atoms with Crippen LogP contribution in [0.15, 0.2) is 60.7 Å². The number of rotatable bonds is 5. The van der Waals surface area contributed by atoms with Crippen LogP contribution in [0.3, 0.4) is 0 Å². The lowest BCUT2D eigenvalue weighted by molar-refractivity contribution is -0.134. The second-order valence-electron chi connectivity index (χ2n) is 9.36. The zero-order chi connectivity index (χ0) is 24.1. The van der Waals surface area contributed by atoms with Crippen molar-refractivity contribution in [1.29, 1.82) is 0 Å². The van der Waals surface area contributed by atoms with Crippen molar-refractivity contribution in [2.24, 2.45) is 0 Å². The molecule has 4 rings (SSSR count). The second-order valence-corrected chi connectivity index (χ2v) is 9.36. The Hall–Kier alpha value is -3.65. The van der Waals surface area contributed by atoms with Gasteiger partial charge in [-0.25, -0.2) is 9.48 Å².